The van der Waals surface area contributed by atoms with Crippen LogP contribution in [0, 0.1) is 5.92 Å². The summed E-state index contributed by atoms with van der Waals surface area (Å²) >= 11 is 6.64. The van der Waals surface area contributed by atoms with Gasteiger partial charge in [0, 0.05) is 21.2 Å². The summed E-state index contributed by atoms with van der Waals surface area (Å²) < 4.78 is 1.06. The molecule has 0 radical (unpaired) electrons. The number of thiophene rings is 1. The molecule has 1 aliphatic rings. The highest BCUT2D eigenvalue weighted by Gasteiger charge is 2.45. The fourth-order valence-electron chi connectivity index (χ4n) is 1.79. The number of carboxylic acids is 1. The zero-order valence-electron chi connectivity index (χ0n) is 8.59. The molecule has 2 atom stereocenters. The van der Waals surface area contributed by atoms with Crippen LogP contribution in [0.2, 0.25) is 0 Å². The maximum atomic E-state index is 10.8. The van der Waals surface area contributed by atoms with E-state index in [4.69, 9.17) is 5.11 Å². The quantitative estimate of drug-likeness (QED) is 0.931. The van der Waals surface area contributed by atoms with Crippen LogP contribution in [0.15, 0.2) is 21.3 Å². The predicted molar refractivity (Wildman–Crippen MR) is 71.6 cm³/mol. The number of aliphatic carboxylic acids is 1. The van der Waals surface area contributed by atoms with Crippen LogP contribution in [0.3, 0.4) is 0 Å². The van der Waals surface area contributed by atoms with Crippen LogP contribution in [0.25, 0.3) is 9.88 Å². The molecule has 2 aromatic heterocycles. The average Bonchev–Trinajstić information content (AvgIpc) is 2.74. The maximum Gasteiger partial charge on any atom is 0.307 e. The van der Waals surface area contributed by atoms with Gasteiger partial charge in [-0.3, -0.25) is 4.79 Å². The van der Waals surface area contributed by atoms with Gasteiger partial charge < -0.3 is 5.11 Å². The van der Waals surface area contributed by atoms with Crippen LogP contribution >= 0.6 is 38.6 Å². The number of carbonyl (C=O) groups is 1. The van der Waals surface area contributed by atoms with Crippen molar-refractivity contribution in [1.82, 2.24) is 4.98 Å². The fourth-order valence-corrected chi connectivity index (χ4v) is 4.18. The second-order valence-corrected chi connectivity index (χ2v) is 6.68. The summed E-state index contributed by atoms with van der Waals surface area (Å²) in [5.74, 6) is -0.802. The summed E-state index contributed by atoms with van der Waals surface area (Å²) in [5, 5.41) is 13.9. The van der Waals surface area contributed by atoms with Crippen molar-refractivity contribution in [2.45, 2.75) is 12.3 Å². The van der Waals surface area contributed by atoms with Gasteiger partial charge in [0.2, 0.25) is 0 Å². The highest BCUT2D eigenvalue weighted by Crippen LogP contribution is 2.48. The first-order valence-electron chi connectivity index (χ1n) is 5.08. The zero-order chi connectivity index (χ0) is 12.0. The molecule has 3 rings (SSSR count). The molecule has 1 N–H and O–H groups in total. The molecule has 0 aliphatic heterocycles. The summed E-state index contributed by atoms with van der Waals surface area (Å²) in [6.45, 7) is 0. The molecule has 1 fully saturated rings. The Bertz CT molecular complexity index is 578. The van der Waals surface area contributed by atoms with Gasteiger partial charge in [-0.2, -0.15) is 0 Å². The number of hydrogen-bond acceptors (Lipinski definition) is 4. The first-order valence-corrected chi connectivity index (χ1v) is 7.63. The molecular weight excluding hydrogens is 322 g/mol. The van der Waals surface area contributed by atoms with Crippen molar-refractivity contribution in [1.29, 1.82) is 0 Å². The standard InChI is InChI=1S/C11H8BrNO2S2/c12-5-1-9(16-3-5)10-13-8(4-17-10)6-2-7(6)11(14)15/h1,3-4,6-7H,2H2,(H,14,15). The lowest BCUT2D eigenvalue weighted by molar-refractivity contribution is -0.138. The number of halogens is 1. The van der Waals surface area contributed by atoms with Crippen LogP contribution in [0.4, 0.5) is 0 Å². The number of carboxylic acid groups (broad SMARTS) is 1. The lowest BCUT2D eigenvalue weighted by atomic mass is 10.2. The Morgan fingerprint density at radius 3 is 2.88 bits per heavy atom. The van der Waals surface area contributed by atoms with E-state index in [1.54, 1.807) is 22.7 Å². The molecule has 2 aromatic rings. The van der Waals surface area contributed by atoms with Crippen LogP contribution in [-0.4, -0.2) is 16.1 Å². The first-order chi connectivity index (χ1) is 8.15. The Labute approximate surface area is 114 Å². The lowest BCUT2D eigenvalue weighted by Crippen LogP contribution is -1.98. The van der Waals surface area contributed by atoms with Gasteiger partial charge in [0.15, 0.2) is 0 Å². The molecule has 3 nitrogen and oxygen atoms in total. The van der Waals surface area contributed by atoms with Crippen molar-refractivity contribution in [2.75, 3.05) is 0 Å². The molecular formula is C11H8BrNO2S2. The van der Waals surface area contributed by atoms with Crippen LogP contribution in [0.1, 0.15) is 18.0 Å². The lowest BCUT2D eigenvalue weighted by Gasteiger charge is -1.90. The minimum atomic E-state index is -0.705. The number of thiazole rings is 1. The predicted octanol–water partition coefficient (Wildman–Crippen LogP) is 3.82. The maximum absolute atomic E-state index is 10.8. The summed E-state index contributed by atoms with van der Waals surface area (Å²) in [4.78, 5) is 16.5. The van der Waals surface area contributed by atoms with Crippen molar-refractivity contribution in [3.8, 4) is 9.88 Å². The Balaban J connectivity index is 1.82. The van der Waals surface area contributed by atoms with Gasteiger partial charge in [-0.1, -0.05) is 0 Å². The second-order valence-electron chi connectivity index (χ2n) is 3.99. The molecule has 2 unspecified atom stereocenters. The van der Waals surface area contributed by atoms with Gasteiger partial charge in [-0.15, -0.1) is 22.7 Å². The Morgan fingerprint density at radius 2 is 2.29 bits per heavy atom. The van der Waals surface area contributed by atoms with E-state index in [1.807, 2.05) is 16.8 Å². The number of aromatic nitrogens is 1. The van der Waals surface area contributed by atoms with Gasteiger partial charge in [-0.25, -0.2) is 4.98 Å². The SMILES string of the molecule is O=C(O)C1CC1c1csc(-c2cc(Br)cs2)n1. The third kappa shape index (κ3) is 2.17. The van der Waals surface area contributed by atoms with Crippen molar-refractivity contribution in [2.24, 2.45) is 5.92 Å². The van der Waals surface area contributed by atoms with Gasteiger partial charge in [-0.05, 0) is 28.4 Å². The zero-order valence-corrected chi connectivity index (χ0v) is 11.8. The van der Waals surface area contributed by atoms with Gasteiger partial charge in [0.1, 0.15) is 5.01 Å². The normalized spacial score (nSPS) is 22.6. The summed E-state index contributed by atoms with van der Waals surface area (Å²) in [6, 6.07) is 2.04. The Morgan fingerprint density at radius 1 is 1.47 bits per heavy atom. The molecule has 0 spiro atoms. The van der Waals surface area contributed by atoms with E-state index in [1.165, 1.54) is 0 Å². The molecule has 6 heteroatoms. The Kier molecular flexibility index (Phi) is 2.80. The number of hydrogen-bond donors (Lipinski definition) is 1. The minimum Gasteiger partial charge on any atom is -0.481 e. The van der Waals surface area contributed by atoms with E-state index in [2.05, 4.69) is 20.9 Å². The molecule has 0 aromatic carbocycles. The average molecular weight is 330 g/mol. The van der Waals surface area contributed by atoms with E-state index in [9.17, 15) is 4.79 Å². The number of rotatable bonds is 3. The molecule has 1 aliphatic carbocycles. The summed E-state index contributed by atoms with van der Waals surface area (Å²) in [6.07, 6.45) is 0.729. The molecule has 88 valence electrons. The molecule has 17 heavy (non-hydrogen) atoms. The van der Waals surface area contributed by atoms with E-state index < -0.39 is 5.97 Å². The van der Waals surface area contributed by atoms with Crippen LogP contribution in [0.5, 0.6) is 0 Å². The molecule has 1 saturated carbocycles. The van der Waals surface area contributed by atoms with Crippen molar-refractivity contribution >= 4 is 44.6 Å². The summed E-state index contributed by atoms with van der Waals surface area (Å²) in [7, 11) is 0. The third-order valence-corrected chi connectivity index (χ3v) is 5.51. The highest BCUT2D eigenvalue weighted by atomic mass is 79.9. The molecule has 2 heterocycles. The molecule has 0 amide bonds. The fraction of sp³-hybridized carbons (Fsp3) is 0.273. The molecule has 0 saturated heterocycles. The monoisotopic (exact) mass is 329 g/mol. The Hall–Kier alpha value is -0.720. The largest absolute Gasteiger partial charge is 0.481 e. The van der Waals surface area contributed by atoms with E-state index in [0.717, 1.165) is 26.5 Å². The van der Waals surface area contributed by atoms with Crippen molar-refractivity contribution in [3.63, 3.8) is 0 Å². The number of nitrogens with zero attached hydrogens (tertiary/aromatic N) is 1. The molecule has 0 bridgehead atoms. The van der Waals surface area contributed by atoms with Gasteiger partial charge in [0.05, 0.1) is 16.5 Å². The van der Waals surface area contributed by atoms with Crippen LogP contribution in [-0.2, 0) is 4.79 Å². The second kappa shape index (κ2) is 4.19. The third-order valence-electron chi connectivity index (χ3n) is 2.79. The highest BCUT2D eigenvalue weighted by molar-refractivity contribution is 9.10. The van der Waals surface area contributed by atoms with Crippen LogP contribution < -0.4 is 0 Å². The van der Waals surface area contributed by atoms with E-state index >= 15 is 0 Å². The van der Waals surface area contributed by atoms with Gasteiger partial charge >= 0.3 is 5.97 Å². The van der Waals surface area contributed by atoms with Crippen molar-refractivity contribution in [3.05, 3.63) is 27.0 Å². The van der Waals surface area contributed by atoms with Crippen molar-refractivity contribution < 1.29 is 9.90 Å². The topological polar surface area (TPSA) is 50.2 Å². The summed E-state index contributed by atoms with van der Waals surface area (Å²) in [5.41, 5.74) is 0.932. The minimum absolute atomic E-state index is 0.126. The van der Waals surface area contributed by atoms with Gasteiger partial charge in [0.25, 0.3) is 0 Å². The van der Waals surface area contributed by atoms with E-state index in [0.29, 0.717) is 0 Å². The smallest absolute Gasteiger partial charge is 0.307 e. The van der Waals surface area contributed by atoms with E-state index in [-0.39, 0.29) is 11.8 Å². The first kappa shape index (κ1) is 11.4.